The van der Waals surface area contributed by atoms with Crippen LogP contribution in [0.25, 0.3) is 0 Å². The van der Waals surface area contributed by atoms with Crippen LogP contribution >= 0.6 is 11.6 Å². The smallest absolute Gasteiger partial charge is 0.253 e. The highest BCUT2D eigenvalue weighted by atomic mass is 35.5. The van der Waals surface area contributed by atoms with Crippen molar-refractivity contribution in [3.63, 3.8) is 0 Å². The lowest BCUT2D eigenvalue weighted by molar-refractivity contribution is 0.0268. The van der Waals surface area contributed by atoms with Crippen LogP contribution < -0.4 is 0 Å². The molecule has 0 aromatic heterocycles. The Bertz CT molecular complexity index is 436. The van der Waals surface area contributed by atoms with Crippen LogP contribution in [-0.2, 0) is 0 Å². The Hall–Kier alpha value is -1.06. The molecule has 0 unspecified atom stereocenters. The van der Waals surface area contributed by atoms with E-state index < -0.39 is 6.10 Å². The quantitative estimate of drug-likeness (QED) is 0.895. The van der Waals surface area contributed by atoms with Crippen molar-refractivity contribution in [1.82, 2.24) is 4.90 Å². The molecule has 2 atom stereocenters. The molecule has 1 aromatic carbocycles. The Labute approximate surface area is 112 Å². The lowest BCUT2D eigenvalue weighted by atomic mass is 9.91. The first kappa shape index (κ1) is 13.4. The molecule has 3 nitrogen and oxygen atoms in total. The fourth-order valence-corrected chi connectivity index (χ4v) is 2.71. The summed E-state index contributed by atoms with van der Waals surface area (Å²) in [7, 11) is 1.75. The molecule has 18 heavy (non-hydrogen) atoms. The number of benzene rings is 1. The third-order valence-corrected chi connectivity index (χ3v) is 3.82. The van der Waals surface area contributed by atoms with E-state index >= 15 is 0 Å². The van der Waals surface area contributed by atoms with Gasteiger partial charge in [0.15, 0.2) is 0 Å². The normalized spacial score (nSPS) is 23.7. The van der Waals surface area contributed by atoms with Gasteiger partial charge in [0.25, 0.3) is 5.91 Å². The standard InChI is InChI=1S/C14H18ClNO2/c1-16(12-7-2-3-8-13(12)17)14(18)10-5-4-6-11(15)9-10/h4-6,9,12-13,17H,2-3,7-8H2,1H3/t12-,13-/m0/s1. The zero-order valence-electron chi connectivity index (χ0n) is 10.5. The Morgan fingerprint density at radius 3 is 2.78 bits per heavy atom. The molecule has 1 aliphatic rings. The maximum absolute atomic E-state index is 12.3. The van der Waals surface area contributed by atoms with E-state index in [1.165, 1.54) is 0 Å². The molecular weight excluding hydrogens is 250 g/mol. The first-order valence-electron chi connectivity index (χ1n) is 6.30. The molecule has 1 aliphatic carbocycles. The topological polar surface area (TPSA) is 40.5 Å². The highest BCUT2D eigenvalue weighted by Gasteiger charge is 2.29. The van der Waals surface area contributed by atoms with Crippen molar-refractivity contribution in [3.05, 3.63) is 34.9 Å². The number of aliphatic hydroxyl groups is 1. The van der Waals surface area contributed by atoms with Crippen LogP contribution in [0.15, 0.2) is 24.3 Å². The molecule has 1 saturated carbocycles. The van der Waals surface area contributed by atoms with E-state index in [1.807, 2.05) is 0 Å². The molecule has 1 amide bonds. The summed E-state index contributed by atoms with van der Waals surface area (Å²) in [5.74, 6) is -0.0801. The number of likely N-dealkylation sites (N-methyl/N-ethyl adjacent to an activating group) is 1. The van der Waals surface area contributed by atoms with Gasteiger partial charge >= 0.3 is 0 Å². The van der Waals surface area contributed by atoms with Crippen LogP contribution in [0.4, 0.5) is 0 Å². The third-order valence-electron chi connectivity index (χ3n) is 3.58. The Kier molecular flexibility index (Phi) is 4.25. The van der Waals surface area contributed by atoms with E-state index in [0.29, 0.717) is 10.6 Å². The summed E-state index contributed by atoms with van der Waals surface area (Å²) in [4.78, 5) is 13.9. The zero-order valence-corrected chi connectivity index (χ0v) is 11.2. The Morgan fingerprint density at radius 1 is 1.39 bits per heavy atom. The molecule has 0 aliphatic heterocycles. The summed E-state index contributed by atoms with van der Waals surface area (Å²) in [6.45, 7) is 0. The molecule has 1 fully saturated rings. The summed E-state index contributed by atoms with van der Waals surface area (Å²) < 4.78 is 0. The summed E-state index contributed by atoms with van der Waals surface area (Å²) in [6, 6.07) is 6.84. The van der Waals surface area contributed by atoms with Gasteiger partial charge < -0.3 is 10.0 Å². The molecule has 1 N–H and O–H groups in total. The van der Waals surface area contributed by atoms with Crippen molar-refractivity contribution in [2.75, 3.05) is 7.05 Å². The summed E-state index contributed by atoms with van der Waals surface area (Å²) in [6.07, 6.45) is 3.33. The highest BCUT2D eigenvalue weighted by Crippen LogP contribution is 2.24. The molecule has 98 valence electrons. The predicted molar refractivity (Wildman–Crippen MR) is 71.8 cm³/mol. The minimum Gasteiger partial charge on any atom is -0.391 e. The van der Waals surface area contributed by atoms with Gasteiger partial charge in [0.05, 0.1) is 12.1 Å². The summed E-state index contributed by atoms with van der Waals surface area (Å²) in [5, 5.41) is 10.5. The van der Waals surface area contributed by atoms with Crippen LogP contribution in [0.1, 0.15) is 36.0 Å². The summed E-state index contributed by atoms with van der Waals surface area (Å²) in [5.41, 5.74) is 0.572. The van der Waals surface area contributed by atoms with Crippen molar-refractivity contribution in [2.45, 2.75) is 37.8 Å². The first-order valence-corrected chi connectivity index (χ1v) is 6.68. The zero-order chi connectivity index (χ0) is 13.1. The van der Waals surface area contributed by atoms with E-state index in [4.69, 9.17) is 11.6 Å². The van der Waals surface area contributed by atoms with E-state index in [-0.39, 0.29) is 11.9 Å². The van der Waals surface area contributed by atoms with Crippen molar-refractivity contribution in [1.29, 1.82) is 0 Å². The molecule has 0 spiro atoms. The molecular formula is C14H18ClNO2. The van der Waals surface area contributed by atoms with E-state index in [0.717, 1.165) is 25.7 Å². The fourth-order valence-electron chi connectivity index (χ4n) is 2.52. The number of carbonyl (C=O) groups is 1. The van der Waals surface area contributed by atoms with Crippen molar-refractivity contribution >= 4 is 17.5 Å². The van der Waals surface area contributed by atoms with Crippen LogP contribution in [0, 0.1) is 0 Å². The number of halogens is 1. The van der Waals surface area contributed by atoms with Gasteiger partial charge in [-0.3, -0.25) is 4.79 Å². The fraction of sp³-hybridized carbons (Fsp3) is 0.500. The number of carbonyl (C=O) groups excluding carboxylic acids is 1. The molecule has 4 heteroatoms. The van der Waals surface area contributed by atoms with Gasteiger partial charge in [-0.05, 0) is 31.0 Å². The van der Waals surface area contributed by atoms with Crippen LogP contribution in [0.2, 0.25) is 5.02 Å². The Morgan fingerprint density at radius 2 is 2.11 bits per heavy atom. The maximum atomic E-state index is 12.3. The third kappa shape index (κ3) is 2.85. The summed E-state index contributed by atoms with van der Waals surface area (Å²) >= 11 is 5.89. The first-order chi connectivity index (χ1) is 8.59. The van der Waals surface area contributed by atoms with Crippen molar-refractivity contribution in [2.24, 2.45) is 0 Å². The molecule has 0 saturated heterocycles. The molecule has 1 aromatic rings. The number of amides is 1. The molecule has 0 bridgehead atoms. The molecule has 2 rings (SSSR count). The SMILES string of the molecule is CN(C(=O)c1cccc(Cl)c1)[C@H]1CCCC[C@@H]1O. The lowest BCUT2D eigenvalue weighted by Gasteiger charge is -2.35. The van der Waals surface area contributed by atoms with Gasteiger partial charge in [-0.1, -0.05) is 30.5 Å². The maximum Gasteiger partial charge on any atom is 0.253 e. The molecule has 0 heterocycles. The highest BCUT2D eigenvalue weighted by molar-refractivity contribution is 6.30. The number of rotatable bonds is 2. The predicted octanol–water partition coefficient (Wildman–Crippen LogP) is 2.72. The van der Waals surface area contributed by atoms with Crippen LogP contribution in [-0.4, -0.2) is 35.1 Å². The molecule has 0 radical (unpaired) electrons. The second-order valence-electron chi connectivity index (χ2n) is 4.85. The number of hydrogen-bond acceptors (Lipinski definition) is 2. The van der Waals surface area contributed by atoms with Crippen molar-refractivity contribution in [3.8, 4) is 0 Å². The van der Waals surface area contributed by atoms with Gasteiger partial charge in [-0.25, -0.2) is 0 Å². The van der Waals surface area contributed by atoms with Gasteiger partial charge in [0.1, 0.15) is 0 Å². The van der Waals surface area contributed by atoms with E-state index in [2.05, 4.69) is 0 Å². The lowest BCUT2D eigenvalue weighted by Crippen LogP contribution is -2.46. The van der Waals surface area contributed by atoms with Crippen molar-refractivity contribution < 1.29 is 9.90 Å². The Balaban J connectivity index is 2.13. The van der Waals surface area contributed by atoms with Gasteiger partial charge in [-0.2, -0.15) is 0 Å². The van der Waals surface area contributed by atoms with Gasteiger partial charge in [0, 0.05) is 17.6 Å². The second kappa shape index (κ2) is 5.72. The number of hydrogen-bond donors (Lipinski definition) is 1. The van der Waals surface area contributed by atoms with Crippen LogP contribution in [0.5, 0.6) is 0 Å². The largest absolute Gasteiger partial charge is 0.391 e. The number of nitrogens with zero attached hydrogens (tertiary/aromatic N) is 1. The average molecular weight is 268 g/mol. The minimum absolute atomic E-state index is 0.0785. The number of aliphatic hydroxyl groups excluding tert-OH is 1. The second-order valence-corrected chi connectivity index (χ2v) is 5.28. The monoisotopic (exact) mass is 267 g/mol. The van der Waals surface area contributed by atoms with Gasteiger partial charge in [0.2, 0.25) is 0 Å². The average Bonchev–Trinajstić information content (AvgIpc) is 2.37. The minimum atomic E-state index is -0.410. The van der Waals surface area contributed by atoms with E-state index in [9.17, 15) is 9.90 Å². The van der Waals surface area contributed by atoms with Gasteiger partial charge in [-0.15, -0.1) is 0 Å². The van der Waals surface area contributed by atoms with Crippen LogP contribution in [0.3, 0.4) is 0 Å². The van der Waals surface area contributed by atoms with E-state index in [1.54, 1.807) is 36.2 Å².